The van der Waals surface area contributed by atoms with Crippen molar-refractivity contribution in [3.05, 3.63) is 136 Å². The monoisotopic (exact) mass is 699 g/mol. The number of esters is 1. The summed E-state index contributed by atoms with van der Waals surface area (Å²) >= 11 is 4.54. The quantitative estimate of drug-likeness (QED) is 0.122. The number of ether oxygens (including phenoxy) is 3. The normalized spacial score (nSPS) is 15.4. The zero-order valence-electron chi connectivity index (χ0n) is 24.0. The molecule has 0 saturated heterocycles. The van der Waals surface area contributed by atoms with Gasteiger partial charge in [-0.15, -0.1) is 0 Å². The minimum Gasteiger partial charge on any atom is -0.463 e. The van der Waals surface area contributed by atoms with Gasteiger partial charge in [-0.2, -0.15) is 0 Å². The van der Waals surface area contributed by atoms with Crippen LogP contribution in [0, 0.1) is 10.1 Å². The van der Waals surface area contributed by atoms with Crippen LogP contribution in [0.1, 0.15) is 29.9 Å². The van der Waals surface area contributed by atoms with E-state index in [9.17, 15) is 19.7 Å². The lowest BCUT2D eigenvalue weighted by atomic mass is 9.93. The Morgan fingerprint density at radius 1 is 1.11 bits per heavy atom. The molecular weight excluding hydrogens is 678 g/mol. The summed E-state index contributed by atoms with van der Waals surface area (Å²) in [6, 6.07) is 21.5. The Hall–Kier alpha value is -5.27. The first-order valence-corrected chi connectivity index (χ1v) is 15.7. The maximum Gasteiger partial charge on any atom is 0.338 e. The van der Waals surface area contributed by atoms with Crippen LogP contribution < -0.4 is 24.4 Å². The lowest BCUT2D eigenvalue weighted by Gasteiger charge is -2.26. The van der Waals surface area contributed by atoms with E-state index in [0.717, 1.165) is 11.3 Å². The predicted molar refractivity (Wildman–Crippen MR) is 172 cm³/mol. The van der Waals surface area contributed by atoms with E-state index in [1.807, 2.05) is 30.3 Å². The Labute approximate surface area is 272 Å². The molecule has 2 aromatic heterocycles. The zero-order valence-corrected chi connectivity index (χ0v) is 26.4. The predicted octanol–water partition coefficient (Wildman–Crippen LogP) is 5.60. The van der Waals surface area contributed by atoms with Gasteiger partial charge in [0.1, 0.15) is 11.5 Å². The van der Waals surface area contributed by atoms with Crippen molar-refractivity contribution in [3.63, 3.8) is 0 Å². The molecule has 0 saturated carbocycles. The summed E-state index contributed by atoms with van der Waals surface area (Å²) in [5.41, 5.74) is 2.10. The van der Waals surface area contributed by atoms with Gasteiger partial charge in [-0.25, -0.2) is 9.79 Å². The minimum atomic E-state index is -0.884. The van der Waals surface area contributed by atoms with Crippen LogP contribution in [0.15, 0.2) is 103 Å². The van der Waals surface area contributed by atoms with Crippen molar-refractivity contribution < 1.29 is 28.3 Å². The van der Waals surface area contributed by atoms with Gasteiger partial charge >= 0.3 is 5.97 Å². The van der Waals surface area contributed by atoms with E-state index in [1.165, 1.54) is 16.7 Å². The molecule has 0 bridgehead atoms. The highest BCUT2D eigenvalue weighted by Crippen LogP contribution is 2.40. The molecule has 13 heteroatoms. The summed E-state index contributed by atoms with van der Waals surface area (Å²) in [5, 5.41) is 11.2. The summed E-state index contributed by atoms with van der Waals surface area (Å²) in [7, 11) is 0. The number of nitro groups is 1. The number of nitrogens with zero attached hydrogens (tertiary/aromatic N) is 3. The van der Waals surface area contributed by atoms with Crippen LogP contribution >= 0.6 is 27.3 Å². The van der Waals surface area contributed by atoms with Crippen LogP contribution in [0.2, 0.25) is 0 Å². The fraction of sp³-hybridized carbons (Fsp3) is 0.121. The highest BCUT2D eigenvalue weighted by Gasteiger charge is 2.36. The number of rotatable bonds is 7. The number of carbonyl (C=O) groups excluding carboxylic acids is 1. The number of halogens is 1. The molecule has 2 aliphatic rings. The number of nitro benzene ring substituents is 1. The number of carbonyl (C=O) groups is 1. The van der Waals surface area contributed by atoms with Crippen molar-refractivity contribution >= 4 is 50.7 Å². The van der Waals surface area contributed by atoms with Gasteiger partial charge in [0.05, 0.1) is 33.4 Å². The largest absolute Gasteiger partial charge is 0.463 e. The Bertz CT molecular complexity index is 2250. The second-order valence-corrected chi connectivity index (χ2v) is 12.0. The van der Waals surface area contributed by atoms with Gasteiger partial charge in [-0.05, 0) is 58.7 Å². The molecule has 0 fully saturated rings. The average molecular weight is 701 g/mol. The minimum absolute atomic E-state index is 0.0578. The Morgan fingerprint density at radius 2 is 1.91 bits per heavy atom. The third-order valence-electron chi connectivity index (χ3n) is 7.42. The molecule has 7 rings (SSSR count). The topological polar surface area (TPSA) is 135 Å². The maximum atomic E-state index is 14.2. The van der Waals surface area contributed by atoms with Crippen LogP contribution in [0.25, 0.3) is 23.1 Å². The van der Waals surface area contributed by atoms with E-state index in [-0.39, 0.29) is 30.2 Å². The van der Waals surface area contributed by atoms with Crippen molar-refractivity contribution in [1.29, 1.82) is 0 Å². The summed E-state index contributed by atoms with van der Waals surface area (Å²) in [6.07, 6.45) is 1.61. The summed E-state index contributed by atoms with van der Waals surface area (Å²) < 4.78 is 25.0. The van der Waals surface area contributed by atoms with E-state index in [4.69, 9.17) is 23.6 Å². The number of aromatic nitrogens is 1. The van der Waals surface area contributed by atoms with Crippen LogP contribution in [-0.4, -0.2) is 28.9 Å². The molecule has 0 radical (unpaired) electrons. The summed E-state index contributed by atoms with van der Waals surface area (Å²) in [5.74, 6) is 1.32. The molecule has 0 N–H and O–H groups in total. The number of furan rings is 1. The van der Waals surface area contributed by atoms with Gasteiger partial charge in [0.25, 0.3) is 11.2 Å². The molecule has 5 aromatic rings. The molecule has 1 unspecified atom stereocenters. The maximum absolute atomic E-state index is 14.2. The number of hydrogen-bond donors (Lipinski definition) is 0. The van der Waals surface area contributed by atoms with Gasteiger partial charge in [0.15, 0.2) is 16.3 Å². The van der Waals surface area contributed by atoms with E-state index >= 15 is 0 Å². The Balaban J connectivity index is 1.40. The fourth-order valence-corrected chi connectivity index (χ4v) is 6.90. The number of thiazole rings is 1. The van der Waals surface area contributed by atoms with Gasteiger partial charge < -0.3 is 18.6 Å². The molecule has 3 aromatic carbocycles. The molecule has 1 atom stereocenters. The first-order valence-electron chi connectivity index (χ1n) is 14.0. The molecule has 0 spiro atoms. The molecule has 0 aliphatic carbocycles. The van der Waals surface area contributed by atoms with Crippen molar-refractivity contribution in [2.45, 2.75) is 13.0 Å². The third-order valence-corrected chi connectivity index (χ3v) is 9.05. The van der Waals surface area contributed by atoms with E-state index in [0.29, 0.717) is 59.2 Å². The molecule has 4 heterocycles. The first kappa shape index (κ1) is 29.4. The summed E-state index contributed by atoms with van der Waals surface area (Å²) in [6.45, 7) is 1.92. The highest BCUT2D eigenvalue weighted by atomic mass is 79.9. The number of benzene rings is 3. The first-order chi connectivity index (χ1) is 22.3. The van der Waals surface area contributed by atoms with E-state index in [1.54, 1.807) is 49.4 Å². The van der Waals surface area contributed by atoms with Crippen LogP contribution in [-0.2, 0) is 9.53 Å². The SMILES string of the molecule is CCOC(=O)C1=C(c2ccccc2)N=c2sc(=Cc3ccc(-c4ccc([N+](=O)[O-])cc4Br)o3)c(=O)n2C1c1ccc2c(c1)OCO2. The fourth-order valence-electron chi connectivity index (χ4n) is 5.36. The number of fused-ring (bicyclic) bond motifs is 2. The third kappa shape index (κ3) is 5.22. The number of non-ortho nitro benzene ring substituents is 1. The molecule has 46 heavy (non-hydrogen) atoms. The second-order valence-electron chi connectivity index (χ2n) is 10.2. The van der Waals surface area contributed by atoms with Gasteiger partial charge in [0, 0.05) is 33.8 Å². The van der Waals surface area contributed by atoms with E-state index < -0.39 is 16.9 Å². The van der Waals surface area contributed by atoms with Gasteiger partial charge in [0.2, 0.25) is 6.79 Å². The molecule has 0 amide bonds. The zero-order chi connectivity index (χ0) is 31.9. The van der Waals surface area contributed by atoms with Crippen molar-refractivity contribution in [2.24, 2.45) is 4.99 Å². The Kier molecular flexibility index (Phi) is 7.62. The number of hydrogen-bond acceptors (Lipinski definition) is 10. The standard InChI is InChI=1S/C33H22BrN3O8S/c1-2-42-32(39)28-29(18-6-4-3-5-7-18)35-33-36(30(28)19-8-12-25-26(14-19)44-17-43-25)31(38)27(46-33)16-21-10-13-24(45-21)22-11-9-20(37(40)41)15-23(22)34/h3-16,30H,2,17H2,1H3. The smallest absolute Gasteiger partial charge is 0.338 e. The van der Waals surface area contributed by atoms with Crippen molar-refractivity contribution in [1.82, 2.24) is 4.57 Å². The highest BCUT2D eigenvalue weighted by molar-refractivity contribution is 9.10. The molecule has 11 nitrogen and oxygen atoms in total. The lowest BCUT2D eigenvalue weighted by Crippen LogP contribution is -2.40. The molecular formula is C33H22BrN3O8S. The van der Waals surface area contributed by atoms with Crippen LogP contribution in [0.5, 0.6) is 11.5 Å². The van der Waals surface area contributed by atoms with E-state index in [2.05, 4.69) is 15.9 Å². The second kappa shape index (κ2) is 11.9. The van der Waals surface area contributed by atoms with Gasteiger partial charge in [-0.3, -0.25) is 19.5 Å². The van der Waals surface area contributed by atoms with Crippen LogP contribution in [0.3, 0.4) is 0 Å². The summed E-state index contributed by atoms with van der Waals surface area (Å²) in [4.78, 5) is 43.8. The molecule has 230 valence electrons. The average Bonchev–Trinajstić information content (AvgIpc) is 3.80. The van der Waals surface area contributed by atoms with Crippen molar-refractivity contribution in [3.8, 4) is 22.8 Å². The molecule has 2 aliphatic heterocycles. The van der Waals surface area contributed by atoms with Crippen LogP contribution in [0.4, 0.5) is 5.69 Å². The van der Waals surface area contributed by atoms with Crippen molar-refractivity contribution in [2.75, 3.05) is 13.4 Å². The Morgan fingerprint density at radius 3 is 2.67 bits per heavy atom. The van der Waals surface area contributed by atoms with Gasteiger partial charge in [-0.1, -0.05) is 47.7 Å². The lowest BCUT2D eigenvalue weighted by molar-refractivity contribution is -0.384.